The highest BCUT2D eigenvalue weighted by Crippen LogP contribution is 2.18. The summed E-state index contributed by atoms with van der Waals surface area (Å²) >= 11 is 1.70. The second-order valence-corrected chi connectivity index (χ2v) is 5.64. The third kappa shape index (κ3) is 5.00. The Bertz CT molecular complexity index is 340. The van der Waals surface area contributed by atoms with E-state index in [1.165, 1.54) is 0 Å². The highest BCUT2D eigenvalue weighted by Gasteiger charge is 2.28. The van der Waals surface area contributed by atoms with E-state index in [4.69, 9.17) is 5.11 Å². The molecule has 0 saturated carbocycles. The van der Waals surface area contributed by atoms with E-state index in [1.54, 1.807) is 16.7 Å². The number of nitrogens with one attached hydrogen (secondary N) is 1. The predicted octanol–water partition coefficient (Wildman–Crippen LogP) is 1.55. The first-order chi connectivity index (χ1) is 8.50. The molecule has 2 amide bonds. The molecule has 6 heteroatoms. The molecule has 102 valence electrons. The van der Waals surface area contributed by atoms with E-state index in [0.29, 0.717) is 18.8 Å². The van der Waals surface area contributed by atoms with Crippen molar-refractivity contribution in [2.24, 2.45) is 0 Å². The minimum atomic E-state index is -0.857. The van der Waals surface area contributed by atoms with Crippen LogP contribution in [0.25, 0.3) is 0 Å². The number of allylic oxidation sites excluding steroid dienone is 1. The summed E-state index contributed by atoms with van der Waals surface area (Å²) in [6, 6.07) is -0.369. The Morgan fingerprint density at radius 3 is 2.83 bits per heavy atom. The van der Waals surface area contributed by atoms with Crippen molar-refractivity contribution in [2.75, 3.05) is 24.6 Å². The number of carbonyl (C=O) groups excluding carboxylic acids is 1. The largest absolute Gasteiger partial charge is 0.481 e. The van der Waals surface area contributed by atoms with Gasteiger partial charge in [-0.2, -0.15) is 11.8 Å². The molecule has 0 spiro atoms. The molecule has 0 bridgehead atoms. The molecule has 2 N–H and O–H groups in total. The van der Waals surface area contributed by atoms with Crippen LogP contribution in [0.1, 0.15) is 20.3 Å². The first-order valence-electron chi connectivity index (χ1n) is 5.98. The first-order valence-corrected chi connectivity index (χ1v) is 7.13. The third-order valence-corrected chi connectivity index (χ3v) is 3.75. The summed E-state index contributed by atoms with van der Waals surface area (Å²) in [6.45, 7) is 5.04. The van der Waals surface area contributed by atoms with Crippen LogP contribution in [0.15, 0.2) is 11.6 Å². The number of carbonyl (C=O) groups is 2. The van der Waals surface area contributed by atoms with Gasteiger partial charge in [-0.15, -0.1) is 0 Å². The van der Waals surface area contributed by atoms with Gasteiger partial charge in [-0.3, -0.25) is 4.79 Å². The van der Waals surface area contributed by atoms with E-state index >= 15 is 0 Å². The second kappa shape index (κ2) is 7.31. The number of amides is 2. The number of urea groups is 1. The van der Waals surface area contributed by atoms with Crippen LogP contribution in [0, 0.1) is 0 Å². The predicted molar refractivity (Wildman–Crippen MR) is 72.9 cm³/mol. The van der Waals surface area contributed by atoms with E-state index in [1.807, 2.05) is 19.9 Å². The molecule has 1 saturated heterocycles. The number of aliphatic carboxylic acids is 1. The summed E-state index contributed by atoms with van der Waals surface area (Å²) < 4.78 is 0. The Morgan fingerprint density at radius 1 is 1.50 bits per heavy atom. The van der Waals surface area contributed by atoms with Gasteiger partial charge in [0.05, 0.1) is 12.5 Å². The number of hydrogen-bond acceptors (Lipinski definition) is 3. The Hall–Kier alpha value is -1.17. The Kier molecular flexibility index (Phi) is 6.04. The first kappa shape index (κ1) is 14.9. The van der Waals surface area contributed by atoms with E-state index in [0.717, 1.165) is 11.3 Å². The van der Waals surface area contributed by atoms with Crippen LogP contribution in [-0.2, 0) is 4.79 Å². The lowest BCUT2D eigenvalue weighted by Crippen LogP contribution is -2.51. The standard InChI is InChI=1S/C12H20N2O3S/c1-9(2)3-4-13-12(17)14-5-6-18-8-10(14)7-11(15)16/h3,10H,4-8H2,1-2H3,(H,13,17)(H,15,16). The molecule has 1 aliphatic heterocycles. The van der Waals surface area contributed by atoms with Crippen LogP contribution in [0.3, 0.4) is 0 Å². The van der Waals surface area contributed by atoms with Gasteiger partial charge in [-0.25, -0.2) is 4.79 Å². The zero-order valence-corrected chi connectivity index (χ0v) is 11.6. The van der Waals surface area contributed by atoms with Crippen molar-refractivity contribution in [3.8, 4) is 0 Å². The monoisotopic (exact) mass is 272 g/mol. The van der Waals surface area contributed by atoms with Gasteiger partial charge in [0.15, 0.2) is 0 Å². The Labute approximate surface area is 112 Å². The highest BCUT2D eigenvalue weighted by atomic mass is 32.2. The molecule has 1 aliphatic rings. The van der Waals surface area contributed by atoms with Crippen LogP contribution in [0.4, 0.5) is 4.79 Å². The van der Waals surface area contributed by atoms with Crippen molar-refractivity contribution in [3.63, 3.8) is 0 Å². The summed E-state index contributed by atoms with van der Waals surface area (Å²) in [5.74, 6) is 0.707. The van der Waals surface area contributed by atoms with Gasteiger partial charge in [0, 0.05) is 24.6 Å². The van der Waals surface area contributed by atoms with Gasteiger partial charge in [0.1, 0.15) is 0 Å². The molecule has 0 aromatic rings. The van der Waals surface area contributed by atoms with Crippen molar-refractivity contribution in [3.05, 3.63) is 11.6 Å². The summed E-state index contributed by atoms with van der Waals surface area (Å²) in [6.07, 6.45) is 1.95. The number of hydrogen-bond donors (Lipinski definition) is 2. The number of rotatable bonds is 4. The van der Waals surface area contributed by atoms with Gasteiger partial charge < -0.3 is 15.3 Å². The fraction of sp³-hybridized carbons (Fsp3) is 0.667. The fourth-order valence-corrected chi connectivity index (χ4v) is 2.80. The van der Waals surface area contributed by atoms with E-state index in [-0.39, 0.29) is 18.5 Å². The number of carboxylic acid groups (broad SMARTS) is 1. The maximum Gasteiger partial charge on any atom is 0.317 e. The summed E-state index contributed by atoms with van der Waals surface area (Å²) in [4.78, 5) is 24.4. The molecular formula is C12H20N2O3S. The topological polar surface area (TPSA) is 69.6 Å². The van der Waals surface area contributed by atoms with E-state index < -0.39 is 5.97 Å². The number of carboxylic acids is 1. The van der Waals surface area contributed by atoms with Crippen molar-refractivity contribution in [2.45, 2.75) is 26.3 Å². The van der Waals surface area contributed by atoms with Gasteiger partial charge >= 0.3 is 12.0 Å². The molecule has 1 atom stereocenters. The van der Waals surface area contributed by atoms with Gasteiger partial charge in [-0.1, -0.05) is 11.6 Å². The van der Waals surface area contributed by atoms with Crippen LogP contribution >= 0.6 is 11.8 Å². The normalized spacial score (nSPS) is 19.2. The molecule has 1 rings (SSSR count). The Balaban J connectivity index is 2.51. The molecule has 0 aliphatic carbocycles. The summed E-state index contributed by atoms with van der Waals surface area (Å²) in [5, 5.41) is 11.6. The van der Waals surface area contributed by atoms with E-state index in [2.05, 4.69) is 5.32 Å². The van der Waals surface area contributed by atoms with Crippen molar-refractivity contribution in [1.82, 2.24) is 10.2 Å². The zero-order valence-electron chi connectivity index (χ0n) is 10.8. The smallest absolute Gasteiger partial charge is 0.317 e. The lowest BCUT2D eigenvalue weighted by atomic mass is 10.2. The van der Waals surface area contributed by atoms with Crippen LogP contribution in [0.2, 0.25) is 0 Å². The quantitative estimate of drug-likeness (QED) is 0.762. The van der Waals surface area contributed by atoms with Gasteiger partial charge in [0.25, 0.3) is 0 Å². The molecule has 18 heavy (non-hydrogen) atoms. The van der Waals surface area contributed by atoms with Crippen molar-refractivity contribution >= 4 is 23.8 Å². The van der Waals surface area contributed by atoms with Gasteiger partial charge in [-0.05, 0) is 13.8 Å². The summed E-state index contributed by atoms with van der Waals surface area (Å²) in [7, 11) is 0. The molecule has 0 aromatic carbocycles. The maximum atomic E-state index is 12.0. The SMILES string of the molecule is CC(C)=CCNC(=O)N1CCSCC1CC(=O)O. The average molecular weight is 272 g/mol. The highest BCUT2D eigenvalue weighted by molar-refractivity contribution is 7.99. The van der Waals surface area contributed by atoms with Gasteiger partial charge in [0.2, 0.25) is 0 Å². The molecule has 0 aromatic heterocycles. The van der Waals surface area contributed by atoms with Crippen molar-refractivity contribution in [1.29, 1.82) is 0 Å². The maximum absolute atomic E-state index is 12.0. The Morgan fingerprint density at radius 2 is 2.22 bits per heavy atom. The fourth-order valence-electron chi connectivity index (χ4n) is 1.74. The van der Waals surface area contributed by atoms with Crippen LogP contribution < -0.4 is 5.32 Å². The minimum absolute atomic E-state index is 0.0169. The number of thioether (sulfide) groups is 1. The van der Waals surface area contributed by atoms with Crippen molar-refractivity contribution < 1.29 is 14.7 Å². The molecular weight excluding hydrogens is 252 g/mol. The summed E-state index contributed by atoms with van der Waals surface area (Å²) in [5.41, 5.74) is 1.14. The van der Waals surface area contributed by atoms with E-state index in [9.17, 15) is 9.59 Å². The van der Waals surface area contributed by atoms with Crippen LogP contribution in [0.5, 0.6) is 0 Å². The minimum Gasteiger partial charge on any atom is -0.481 e. The average Bonchev–Trinajstić information content (AvgIpc) is 2.28. The lowest BCUT2D eigenvalue weighted by molar-refractivity contribution is -0.137. The molecule has 5 nitrogen and oxygen atoms in total. The third-order valence-electron chi connectivity index (χ3n) is 2.66. The second-order valence-electron chi connectivity index (χ2n) is 4.49. The molecule has 1 heterocycles. The molecule has 1 fully saturated rings. The molecule has 1 unspecified atom stereocenters. The van der Waals surface area contributed by atoms with Crippen LogP contribution in [-0.4, -0.2) is 52.6 Å². The zero-order chi connectivity index (χ0) is 13.5. The number of nitrogens with zero attached hydrogens (tertiary/aromatic N) is 1. The molecule has 0 radical (unpaired) electrons. The lowest BCUT2D eigenvalue weighted by Gasteiger charge is -2.34.